The Labute approximate surface area is 102 Å². The van der Waals surface area contributed by atoms with Gasteiger partial charge in [0.1, 0.15) is 5.58 Å². The van der Waals surface area contributed by atoms with E-state index in [9.17, 15) is 4.79 Å². The molecule has 17 heavy (non-hydrogen) atoms. The lowest BCUT2D eigenvalue weighted by Crippen LogP contribution is -1.92. The number of carbonyl (C=O) groups excluding carboxylic acids is 1. The number of benzene rings is 1. The van der Waals surface area contributed by atoms with E-state index >= 15 is 0 Å². The van der Waals surface area contributed by atoms with Crippen molar-refractivity contribution in [1.82, 2.24) is 0 Å². The third kappa shape index (κ3) is 2.57. The SMILES string of the molecule is CCCCc1ccc2oc(C(=O)CC)cc2c1. The fourth-order valence-electron chi connectivity index (χ4n) is 1.94. The Morgan fingerprint density at radius 1 is 1.24 bits per heavy atom. The third-order valence-corrected chi connectivity index (χ3v) is 3.00. The maximum absolute atomic E-state index is 11.5. The molecular weight excluding hydrogens is 212 g/mol. The number of carbonyl (C=O) groups is 1. The molecule has 0 fully saturated rings. The number of ketones is 1. The first-order valence-electron chi connectivity index (χ1n) is 6.30. The lowest BCUT2D eigenvalue weighted by Gasteiger charge is -1.98. The number of Topliss-reactive ketones (excluding diaryl/α,β-unsaturated/α-hetero) is 1. The van der Waals surface area contributed by atoms with Gasteiger partial charge in [0.2, 0.25) is 0 Å². The van der Waals surface area contributed by atoms with E-state index < -0.39 is 0 Å². The van der Waals surface area contributed by atoms with Crippen LogP contribution in [0.25, 0.3) is 11.0 Å². The summed E-state index contributed by atoms with van der Waals surface area (Å²) in [7, 11) is 0. The minimum absolute atomic E-state index is 0.0660. The summed E-state index contributed by atoms with van der Waals surface area (Å²) in [6.07, 6.45) is 3.98. The molecule has 0 spiro atoms. The molecular formula is C15H18O2. The fraction of sp³-hybridized carbons (Fsp3) is 0.400. The largest absolute Gasteiger partial charge is 0.453 e. The smallest absolute Gasteiger partial charge is 0.197 e. The van der Waals surface area contributed by atoms with Gasteiger partial charge >= 0.3 is 0 Å². The van der Waals surface area contributed by atoms with E-state index in [0.717, 1.165) is 17.4 Å². The monoisotopic (exact) mass is 230 g/mol. The van der Waals surface area contributed by atoms with Crippen LogP contribution in [-0.4, -0.2) is 5.78 Å². The minimum Gasteiger partial charge on any atom is -0.453 e. The Hall–Kier alpha value is -1.57. The van der Waals surface area contributed by atoms with Gasteiger partial charge in [-0.05, 0) is 36.6 Å². The summed E-state index contributed by atoms with van der Waals surface area (Å²) in [4.78, 5) is 11.5. The molecule has 1 heterocycles. The average Bonchev–Trinajstić information content (AvgIpc) is 2.78. The summed E-state index contributed by atoms with van der Waals surface area (Å²) in [6.45, 7) is 4.04. The third-order valence-electron chi connectivity index (χ3n) is 3.00. The van der Waals surface area contributed by atoms with E-state index in [1.54, 1.807) is 0 Å². The first-order chi connectivity index (χ1) is 8.24. The molecule has 0 radical (unpaired) electrons. The van der Waals surface area contributed by atoms with E-state index in [4.69, 9.17) is 4.42 Å². The van der Waals surface area contributed by atoms with E-state index in [1.807, 2.05) is 19.1 Å². The molecule has 0 atom stereocenters. The second kappa shape index (κ2) is 5.17. The highest BCUT2D eigenvalue weighted by molar-refractivity contribution is 5.97. The topological polar surface area (TPSA) is 30.2 Å². The standard InChI is InChI=1S/C15H18O2/c1-3-5-6-11-7-8-14-12(9-11)10-15(17-14)13(16)4-2/h7-10H,3-6H2,1-2H3. The van der Waals surface area contributed by atoms with Crippen LogP contribution < -0.4 is 0 Å². The molecule has 2 aromatic rings. The van der Waals surface area contributed by atoms with Crippen molar-refractivity contribution in [1.29, 1.82) is 0 Å². The normalized spacial score (nSPS) is 10.9. The number of fused-ring (bicyclic) bond motifs is 1. The van der Waals surface area contributed by atoms with Crippen LogP contribution in [-0.2, 0) is 6.42 Å². The molecule has 2 heteroatoms. The van der Waals surface area contributed by atoms with Crippen molar-refractivity contribution in [3.05, 3.63) is 35.6 Å². The number of hydrogen-bond acceptors (Lipinski definition) is 2. The van der Waals surface area contributed by atoms with Crippen molar-refractivity contribution in [2.24, 2.45) is 0 Å². The zero-order valence-corrected chi connectivity index (χ0v) is 10.5. The zero-order valence-electron chi connectivity index (χ0n) is 10.5. The van der Waals surface area contributed by atoms with Crippen molar-refractivity contribution >= 4 is 16.8 Å². The Kier molecular flexibility index (Phi) is 3.62. The van der Waals surface area contributed by atoms with Gasteiger partial charge in [0, 0.05) is 11.8 Å². The molecule has 0 unspecified atom stereocenters. The molecule has 0 bridgehead atoms. The van der Waals surface area contributed by atoms with Crippen molar-refractivity contribution < 1.29 is 9.21 Å². The Morgan fingerprint density at radius 2 is 2.06 bits per heavy atom. The minimum atomic E-state index is 0.0660. The first kappa shape index (κ1) is 11.9. The van der Waals surface area contributed by atoms with Crippen LogP contribution in [0, 0.1) is 0 Å². The lowest BCUT2D eigenvalue weighted by atomic mass is 10.1. The van der Waals surface area contributed by atoms with E-state index in [-0.39, 0.29) is 5.78 Å². The van der Waals surface area contributed by atoms with Crippen LogP contribution in [0.1, 0.15) is 49.2 Å². The second-order valence-corrected chi connectivity index (χ2v) is 4.36. The van der Waals surface area contributed by atoms with Crippen molar-refractivity contribution in [2.45, 2.75) is 39.5 Å². The van der Waals surface area contributed by atoms with Gasteiger partial charge in [0.15, 0.2) is 11.5 Å². The van der Waals surface area contributed by atoms with Gasteiger partial charge in [-0.15, -0.1) is 0 Å². The number of rotatable bonds is 5. The molecule has 90 valence electrons. The number of aryl methyl sites for hydroxylation is 1. The predicted molar refractivity (Wildman–Crippen MR) is 69.4 cm³/mol. The number of furan rings is 1. The lowest BCUT2D eigenvalue weighted by molar-refractivity contribution is 0.0963. The van der Waals surface area contributed by atoms with Gasteiger partial charge in [0.25, 0.3) is 0 Å². The van der Waals surface area contributed by atoms with Crippen LogP contribution in [0.3, 0.4) is 0 Å². The van der Waals surface area contributed by atoms with Gasteiger partial charge in [-0.1, -0.05) is 26.3 Å². The predicted octanol–water partition coefficient (Wildman–Crippen LogP) is 4.37. The molecule has 2 rings (SSSR count). The highest BCUT2D eigenvalue weighted by Crippen LogP contribution is 2.22. The van der Waals surface area contributed by atoms with Crippen LogP contribution >= 0.6 is 0 Å². The summed E-state index contributed by atoms with van der Waals surface area (Å²) in [5, 5.41) is 1.04. The van der Waals surface area contributed by atoms with Gasteiger partial charge in [0.05, 0.1) is 0 Å². The zero-order chi connectivity index (χ0) is 12.3. The molecule has 0 aliphatic carbocycles. The molecule has 1 aromatic carbocycles. The average molecular weight is 230 g/mol. The molecule has 0 aliphatic heterocycles. The molecule has 1 aromatic heterocycles. The molecule has 0 saturated carbocycles. The second-order valence-electron chi connectivity index (χ2n) is 4.36. The van der Waals surface area contributed by atoms with Gasteiger partial charge in [-0.25, -0.2) is 0 Å². The van der Waals surface area contributed by atoms with Crippen molar-refractivity contribution in [3.63, 3.8) is 0 Å². The van der Waals surface area contributed by atoms with Gasteiger partial charge in [-0.2, -0.15) is 0 Å². The van der Waals surface area contributed by atoms with Crippen LogP contribution in [0.4, 0.5) is 0 Å². The van der Waals surface area contributed by atoms with Gasteiger partial charge in [-0.3, -0.25) is 4.79 Å². The van der Waals surface area contributed by atoms with Gasteiger partial charge < -0.3 is 4.42 Å². The van der Waals surface area contributed by atoms with Crippen molar-refractivity contribution in [2.75, 3.05) is 0 Å². The maximum atomic E-state index is 11.5. The first-order valence-corrected chi connectivity index (χ1v) is 6.30. The van der Waals surface area contributed by atoms with E-state index in [2.05, 4.69) is 19.1 Å². The Balaban J connectivity index is 2.31. The summed E-state index contributed by atoms with van der Waals surface area (Å²) < 4.78 is 5.53. The fourth-order valence-corrected chi connectivity index (χ4v) is 1.94. The van der Waals surface area contributed by atoms with E-state index in [0.29, 0.717) is 12.2 Å². The Bertz CT molecular complexity index is 523. The quantitative estimate of drug-likeness (QED) is 0.714. The molecule has 0 N–H and O–H groups in total. The molecule has 2 nitrogen and oxygen atoms in total. The van der Waals surface area contributed by atoms with Crippen LogP contribution in [0.5, 0.6) is 0 Å². The highest BCUT2D eigenvalue weighted by Gasteiger charge is 2.10. The highest BCUT2D eigenvalue weighted by atomic mass is 16.3. The number of hydrogen-bond donors (Lipinski definition) is 0. The Morgan fingerprint density at radius 3 is 2.76 bits per heavy atom. The van der Waals surface area contributed by atoms with E-state index in [1.165, 1.54) is 18.4 Å². The van der Waals surface area contributed by atoms with Crippen molar-refractivity contribution in [3.8, 4) is 0 Å². The van der Waals surface area contributed by atoms with Crippen LogP contribution in [0.15, 0.2) is 28.7 Å². The summed E-state index contributed by atoms with van der Waals surface area (Å²) in [5.74, 6) is 0.548. The summed E-state index contributed by atoms with van der Waals surface area (Å²) in [6, 6.07) is 8.03. The summed E-state index contributed by atoms with van der Waals surface area (Å²) in [5.41, 5.74) is 2.12. The molecule has 0 aliphatic rings. The number of unbranched alkanes of at least 4 members (excludes halogenated alkanes) is 1. The maximum Gasteiger partial charge on any atom is 0.197 e. The molecule has 0 amide bonds. The summed E-state index contributed by atoms with van der Waals surface area (Å²) >= 11 is 0. The van der Waals surface area contributed by atoms with Crippen LogP contribution in [0.2, 0.25) is 0 Å². The molecule has 0 saturated heterocycles.